The van der Waals surface area contributed by atoms with Crippen LogP contribution in [0.15, 0.2) is 54.7 Å². The molecule has 2 aliphatic carbocycles. The van der Waals surface area contributed by atoms with E-state index in [1.54, 1.807) is 12.3 Å². The topological polar surface area (TPSA) is 175 Å². The van der Waals surface area contributed by atoms with Crippen molar-refractivity contribution in [3.05, 3.63) is 72.2 Å². The van der Waals surface area contributed by atoms with E-state index in [1.165, 1.54) is 20.3 Å². The largest absolute Gasteiger partial charge is 0.453 e. The Balaban J connectivity index is 0.948. The van der Waals surface area contributed by atoms with Crippen molar-refractivity contribution in [2.75, 3.05) is 14.2 Å². The maximum Gasteiger partial charge on any atom is 0.407 e. The van der Waals surface area contributed by atoms with Crippen LogP contribution in [0.1, 0.15) is 83.5 Å². The molecule has 2 bridgehead atoms. The summed E-state index contributed by atoms with van der Waals surface area (Å²) < 4.78 is 25.7. The molecule has 4 N–H and O–H groups in total. The zero-order valence-corrected chi connectivity index (χ0v) is 34.6. The number of fused-ring (bicyclic) bond motifs is 6. The molecule has 8 atom stereocenters. The Morgan fingerprint density at radius 3 is 2.15 bits per heavy atom. The highest BCUT2D eigenvalue weighted by atomic mass is 19.1. The van der Waals surface area contributed by atoms with E-state index in [4.69, 9.17) is 14.5 Å². The zero-order valence-electron chi connectivity index (χ0n) is 34.6. The quantitative estimate of drug-likeness (QED) is 0.113. The molecule has 2 aromatic heterocycles. The number of halogens is 1. The van der Waals surface area contributed by atoms with Gasteiger partial charge in [-0.2, -0.15) is 0 Å². The van der Waals surface area contributed by atoms with E-state index < -0.39 is 30.1 Å². The summed E-state index contributed by atoms with van der Waals surface area (Å²) in [5, 5.41) is 7.36. The van der Waals surface area contributed by atoms with Crippen LogP contribution >= 0.6 is 0 Å². The average molecular weight is 819 g/mol. The van der Waals surface area contributed by atoms with Crippen molar-refractivity contribution < 1.29 is 33.0 Å². The first-order valence-electron chi connectivity index (χ1n) is 21.0. The summed E-state index contributed by atoms with van der Waals surface area (Å²) in [4.78, 5) is 72.5. The first-order valence-corrected chi connectivity index (χ1v) is 21.0. The minimum absolute atomic E-state index is 0.0470. The third-order valence-electron chi connectivity index (χ3n) is 13.3. The van der Waals surface area contributed by atoms with Gasteiger partial charge < -0.3 is 39.9 Å². The number of H-pyrrole nitrogens is 2. The predicted molar refractivity (Wildman–Crippen MR) is 222 cm³/mol. The minimum Gasteiger partial charge on any atom is -0.453 e. The third kappa shape index (κ3) is 6.81. The van der Waals surface area contributed by atoms with E-state index in [0.717, 1.165) is 65.3 Å². The minimum atomic E-state index is -0.746. The monoisotopic (exact) mass is 818 g/mol. The smallest absolute Gasteiger partial charge is 0.407 e. The number of methoxy groups -OCH3 is 2. The molecule has 15 heteroatoms. The Morgan fingerprint density at radius 2 is 1.47 bits per heavy atom. The molecule has 5 aromatic rings. The van der Waals surface area contributed by atoms with Crippen LogP contribution in [0.2, 0.25) is 0 Å². The van der Waals surface area contributed by atoms with Gasteiger partial charge >= 0.3 is 12.2 Å². The second-order valence-corrected chi connectivity index (χ2v) is 17.6. The predicted octanol–water partition coefficient (Wildman–Crippen LogP) is 7.39. The molecule has 4 fully saturated rings. The highest BCUT2D eigenvalue weighted by Gasteiger charge is 2.56. The van der Waals surface area contributed by atoms with Crippen LogP contribution in [0.5, 0.6) is 0 Å². The number of aromatic nitrogens is 4. The lowest BCUT2D eigenvalue weighted by Crippen LogP contribution is -2.54. The molecule has 3 aromatic carbocycles. The summed E-state index contributed by atoms with van der Waals surface area (Å²) >= 11 is 0. The Bertz CT molecular complexity index is 2520. The second-order valence-electron chi connectivity index (χ2n) is 17.6. The Hall–Kier alpha value is -5.99. The highest BCUT2D eigenvalue weighted by molar-refractivity contribution is 6.05. The second kappa shape index (κ2) is 15.2. The number of carbonyl (C=O) groups is 4. The Morgan fingerprint density at radius 1 is 0.783 bits per heavy atom. The number of nitrogens with one attached hydrogen (secondary N) is 4. The number of carbonyl (C=O) groups excluding carboxylic acids is 4. The van der Waals surface area contributed by atoms with Gasteiger partial charge in [0.05, 0.1) is 49.2 Å². The number of nitrogens with zero attached hydrogens (tertiary/aromatic N) is 4. The molecule has 14 nitrogen and oxygen atoms in total. The van der Waals surface area contributed by atoms with Crippen LogP contribution in [-0.2, 0) is 19.1 Å². The van der Waals surface area contributed by atoms with Crippen LogP contribution < -0.4 is 10.6 Å². The molecule has 2 saturated carbocycles. The molecule has 314 valence electrons. The molecule has 60 heavy (non-hydrogen) atoms. The molecule has 9 rings (SSSR count). The van der Waals surface area contributed by atoms with Crippen molar-refractivity contribution in [3.63, 3.8) is 0 Å². The van der Waals surface area contributed by atoms with Gasteiger partial charge in [0.25, 0.3) is 0 Å². The number of rotatable bonds is 10. The highest BCUT2D eigenvalue weighted by Crippen LogP contribution is 2.54. The van der Waals surface area contributed by atoms with Gasteiger partial charge in [0.1, 0.15) is 29.5 Å². The first kappa shape index (κ1) is 39.5. The average Bonchev–Trinajstić information content (AvgIpc) is 3.85. The number of piperidine rings is 2. The van der Waals surface area contributed by atoms with Crippen LogP contribution in [0.4, 0.5) is 14.0 Å². The van der Waals surface area contributed by atoms with E-state index >= 15 is 4.39 Å². The lowest BCUT2D eigenvalue weighted by molar-refractivity contribution is -0.139. The molecule has 0 radical (unpaired) electrons. The fourth-order valence-corrected chi connectivity index (χ4v) is 10.1. The molecule has 4 amide bonds. The maximum absolute atomic E-state index is 16.0. The number of hydrogen-bond donors (Lipinski definition) is 4. The van der Waals surface area contributed by atoms with Crippen molar-refractivity contribution in [2.24, 2.45) is 23.7 Å². The first-order chi connectivity index (χ1) is 28.8. The normalized spacial score (nSPS) is 23.9. The number of ether oxygens (including phenoxy) is 2. The van der Waals surface area contributed by atoms with Crippen molar-refractivity contribution in [1.29, 1.82) is 0 Å². The van der Waals surface area contributed by atoms with Gasteiger partial charge in [-0.3, -0.25) is 9.59 Å². The van der Waals surface area contributed by atoms with E-state index in [0.29, 0.717) is 28.6 Å². The van der Waals surface area contributed by atoms with Gasteiger partial charge in [0.2, 0.25) is 11.8 Å². The molecule has 2 aliphatic heterocycles. The number of imidazole rings is 2. The van der Waals surface area contributed by atoms with E-state index in [2.05, 4.69) is 25.6 Å². The fraction of sp³-hybridized carbons (Fsp3) is 0.467. The summed E-state index contributed by atoms with van der Waals surface area (Å²) in [7, 11) is 2.57. The van der Waals surface area contributed by atoms with Crippen molar-refractivity contribution in [3.8, 4) is 22.4 Å². The van der Waals surface area contributed by atoms with Gasteiger partial charge in [-0.05, 0) is 96.6 Å². The number of benzene rings is 3. The Labute approximate surface area is 347 Å². The van der Waals surface area contributed by atoms with Gasteiger partial charge in [0.15, 0.2) is 0 Å². The SMILES string of the molecule is COC(=O)NC(C(=O)N1[C@@H]2CC[C@@H](C2)[C@H]1c1ncc(-c2ccc(-c3ccc4c(ccc5nc([C@@H]6C[C@H]7C[C@H]7N6C(=O)[C@@H](NC(=O)OC)C(C)C)[nH]c54)c3)cc2F)[nH]1)C(C)C. The fourth-order valence-electron chi connectivity index (χ4n) is 10.1. The van der Waals surface area contributed by atoms with Crippen LogP contribution in [-0.4, -0.2) is 92.1 Å². The number of aromatic amines is 2. The zero-order chi connectivity index (χ0) is 42.1. The molecule has 0 spiro atoms. The molecule has 2 saturated heterocycles. The molecule has 1 unspecified atom stereocenters. The molecule has 4 heterocycles. The number of alkyl carbamates (subject to hydrolysis) is 2. The maximum atomic E-state index is 16.0. The van der Waals surface area contributed by atoms with Gasteiger partial charge in [-0.15, -0.1) is 0 Å². The molecule has 4 aliphatic rings. The van der Waals surface area contributed by atoms with Crippen molar-refractivity contribution in [2.45, 2.75) is 96.1 Å². The molecular weight excluding hydrogens is 768 g/mol. The van der Waals surface area contributed by atoms with Crippen molar-refractivity contribution in [1.82, 2.24) is 40.4 Å². The number of hydrogen-bond acceptors (Lipinski definition) is 8. The van der Waals surface area contributed by atoms with Crippen LogP contribution in [0.3, 0.4) is 0 Å². The third-order valence-corrected chi connectivity index (χ3v) is 13.3. The van der Waals surface area contributed by atoms with E-state index in [9.17, 15) is 19.2 Å². The molecular formula is C45H51FN8O6. The van der Waals surface area contributed by atoms with Crippen molar-refractivity contribution >= 4 is 45.8 Å². The summed E-state index contributed by atoms with van der Waals surface area (Å²) in [6.45, 7) is 7.59. The standard InChI is InChI=1S/C45H51FN8O6/c1-21(2)36(51-44(57)59-5)42(55)53-28-11-7-26(16-28)39(53)41-47-20-33(49-41)30-13-9-24(17-31(30)46)23-8-12-29-25(15-23)10-14-32-38(29)50-40(48-32)35-19-27-18-34(27)54(35)43(56)37(22(3)4)52-45(58)60-6/h8-10,12-15,17,20-22,26-28,34-37,39H,7,11,16,18-19H2,1-6H3,(H,47,49)(H,48,50)(H,51,57)(H,52,58)/t26-,27+,28+,34+,35-,36?,37-,39-/m0/s1. The van der Waals surface area contributed by atoms with Crippen LogP contribution in [0.25, 0.3) is 44.2 Å². The summed E-state index contributed by atoms with van der Waals surface area (Å²) in [6, 6.07) is 13.3. The number of amides is 4. The van der Waals surface area contributed by atoms with Gasteiger partial charge in [-0.25, -0.2) is 23.9 Å². The van der Waals surface area contributed by atoms with Gasteiger partial charge in [-0.1, -0.05) is 52.0 Å². The summed E-state index contributed by atoms with van der Waals surface area (Å²) in [5.41, 5.74) is 4.10. The van der Waals surface area contributed by atoms with Crippen LogP contribution in [0, 0.1) is 29.5 Å². The summed E-state index contributed by atoms with van der Waals surface area (Å²) in [5.74, 6) is 0.962. The van der Waals surface area contributed by atoms with Gasteiger partial charge in [0, 0.05) is 23.0 Å². The number of likely N-dealkylation sites (tertiary alicyclic amines) is 2. The van der Waals surface area contributed by atoms with E-state index in [-0.39, 0.29) is 53.7 Å². The lowest BCUT2D eigenvalue weighted by atomic mass is 9.95. The van der Waals surface area contributed by atoms with E-state index in [1.807, 2.05) is 73.9 Å². The lowest BCUT2D eigenvalue weighted by Gasteiger charge is -2.37. The summed E-state index contributed by atoms with van der Waals surface area (Å²) in [6.07, 6.45) is 4.80. The Kier molecular flexibility index (Phi) is 10.0.